The normalized spacial score (nSPS) is 32.6. The maximum atomic E-state index is 12.4. The minimum Gasteiger partial charge on any atom is -0.466 e. The first-order valence-corrected chi connectivity index (χ1v) is 8.50. The van der Waals surface area contributed by atoms with E-state index in [2.05, 4.69) is 5.32 Å². The van der Waals surface area contributed by atoms with E-state index in [0.717, 1.165) is 0 Å². The van der Waals surface area contributed by atoms with Crippen LogP contribution in [0.15, 0.2) is 0 Å². The molecule has 7 nitrogen and oxygen atoms in total. The lowest BCUT2D eigenvalue weighted by molar-refractivity contribution is -0.157. The molecule has 24 heavy (non-hydrogen) atoms. The smallest absolute Gasteiger partial charge is 0.323 e. The van der Waals surface area contributed by atoms with Crippen molar-refractivity contribution in [3.05, 3.63) is 0 Å². The van der Waals surface area contributed by atoms with Gasteiger partial charge < -0.3 is 18.9 Å². The molecule has 0 unspecified atom stereocenters. The summed E-state index contributed by atoms with van der Waals surface area (Å²) in [6.07, 6.45) is 0.0143. The second kappa shape index (κ2) is 6.98. The Balaban J connectivity index is 2.11. The predicted octanol–water partition coefficient (Wildman–Crippen LogP) is 1.39. The molecule has 7 heteroatoms. The van der Waals surface area contributed by atoms with Crippen LogP contribution in [0.5, 0.6) is 0 Å². The highest BCUT2D eigenvalue weighted by molar-refractivity contribution is 5.80. The molecule has 2 rings (SSSR count). The third-order valence-corrected chi connectivity index (χ3v) is 4.03. The summed E-state index contributed by atoms with van der Waals surface area (Å²) in [7, 11) is 0. The molecule has 0 aromatic carbocycles. The van der Waals surface area contributed by atoms with Crippen LogP contribution in [0.3, 0.4) is 0 Å². The second-order valence-electron chi connectivity index (χ2n) is 7.74. The van der Waals surface area contributed by atoms with E-state index < -0.39 is 23.3 Å². The van der Waals surface area contributed by atoms with Crippen molar-refractivity contribution >= 4 is 11.9 Å². The van der Waals surface area contributed by atoms with Crippen molar-refractivity contribution in [3.8, 4) is 0 Å². The molecule has 1 N–H and O–H groups in total. The van der Waals surface area contributed by atoms with Crippen molar-refractivity contribution in [1.82, 2.24) is 5.32 Å². The van der Waals surface area contributed by atoms with E-state index in [1.54, 1.807) is 6.92 Å². The van der Waals surface area contributed by atoms with Crippen LogP contribution >= 0.6 is 0 Å². The fraction of sp³-hybridized carbons (Fsp3) is 0.882. The average molecular weight is 343 g/mol. The Bertz CT molecular complexity index is 484. The minimum atomic E-state index is -0.699. The van der Waals surface area contributed by atoms with Gasteiger partial charge in [-0.15, -0.1) is 0 Å². The number of esters is 2. The Morgan fingerprint density at radius 3 is 2.42 bits per heavy atom. The molecule has 0 aromatic heterocycles. The van der Waals surface area contributed by atoms with Gasteiger partial charge in [-0.1, -0.05) is 0 Å². The third-order valence-electron chi connectivity index (χ3n) is 4.03. The molecule has 0 radical (unpaired) electrons. The summed E-state index contributed by atoms with van der Waals surface area (Å²) >= 11 is 0. The summed E-state index contributed by atoms with van der Waals surface area (Å²) in [4.78, 5) is 24.7. The molecule has 2 aliphatic rings. The van der Waals surface area contributed by atoms with Gasteiger partial charge in [-0.3, -0.25) is 14.9 Å². The van der Waals surface area contributed by atoms with E-state index >= 15 is 0 Å². The van der Waals surface area contributed by atoms with Crippen LogP contribution in [0.1, 0.15) is 48.0 Å². The lowest BCUT2D eigenvalue weighted by atomic mass is 9.95. The van der Waals surface area contributed by atoms with Crippen LogP contribution in [0.4, 0.5) is 0 Å². The standard InChI is InChI=1S/C17H29NO6/c1-7-21-14(19)10-8-11(15(20)24-16(2,3)4)18-13(10)12-9-22-17(5,6)23-12/h10-13,18H,7-9H2,1-6H3/t10-,11-,12+,13+/m0/s1. The zero-order valence-corrected chi connectivity index (χ0v) is 15.4. The van der Waals surface area contributed by atoms with E-state index in [4.69, 9.17) is 18.9 Å². The van der Waals surface area contributed by atoms with E-state index in [9.17, 15) is 9.59 Å². The quantitative estimate of drug-likeness (QED) is 0.772. The summed E-state index contributed by atoms with van der Waals surface area (Å²) in [5, 5.41) is 3.20. The van der Waals surface area contributed by atoms with Gasteiger partial charge in [-0.25, -0.2) is 0 Å². The number of nitrogens with one attached hydrogen (secondary N) is 1. The van der Waals surface area contributed by atoms with Crippen LogP contribution < -0.4 is 5.32 Å². The fourth-order valence-electron chi connectivity index (χ4n) is 3.11. The molecular weight excluding hydrogens is 314 g/mol. The number of hydrogen-bond acceptors (Lipinski definition) is 7. The Morgan fingerprint density at radius 2 is 1.92 bits per heavy atom. The maximum Gasteiger partial charge on any atom is 0.323 e. The monoisotopic (exact) mass is 343 g/mol. The second-order valence-corrected chi connectivity index (χ2v) is 7.74. The van der Waals surface area contributed by atoms with Crippen molar-refractivity contribution in [2.24, 2.45) is 5.92 Å². The lowest BCUT2D eigenvalue weighted by Crippen LogP contribution is -2.47. The van der Waals surface area contributed by atoms with Gasteiger partial charge in [-0.2, -0.15) is 0 Å². The van der Waals surface area contributed by atoms with Crippen LogP contribution in [-0.4, -0.2) is 54.7 Å². The molecule has 0 amide bonds. The molecule has 0 aromatic rings. The van der Waals surface area contributed by atoms with E-state index in [0.29, 0.717) is 19.6 Å². The van der Waals surface area contributed by atoms with Gasteiger partial charge in [0.05, 0.1) is 19.1 Å². The van der Waals surface area contributed by atoms with Gasteiger partial charge in [0.15, 0.2) is 5.79 Å². The number of hydrogen-bond donors (Lipinski definition) is 1. The molecule has 2 aliphatic heterocycles. The van der Waals surface area contributed by atoms with E-state index in [-0.39, 0.29) is 24.1 Å². The molecule has 2 heterocycles. The number of rotatable bonds is 4. The number of carbonyl (C=O) groups is 2. The summed E-state index contributed by atoms with van der Waals surface area (Å²) in [6.45, 7) is 11.5. The van der Waals surface area contributed by atoms with Gasteiger partial charge >= 0.3 is 11.9 Å². The molecule has 2 saturated heterocycles. The topological polar surface area (TPSA) is 83.1 Å². The molecule has 0 bridgehead atoms. The predicted molar refractivity (Wildman–Crippen MR) is 86.2 cm³/mol. The number of carbonyl (C=O) groups excluding carboxylic acids is 2. The third kappa shape index (κ3) is 4.68. The van der Waals surface area contributed by atoms with E-state index in [1.165, 1.54) is 0 Å². The first-order valence-electron chi connectivity index (χ1n) is 8.50. The lowest BCUT2D eigenvalue weighted by Gasteiger charge is -2.25. The van der Waals surface area contributed by atoms with Crippen LogP contribution in [0, 0.1) is 5.92 Å². The zero-order valence-electron chi connectivity index (χ0n) is 15.4. The van der Waals surface area contributed by atoms with Gasteiger partial charge in [-0.05, 0) is 48.0 Å². The Kier molecular flexibility index (Phi) is 5.57. The van der Waals surface area contributed by atoms with Gasteiger partial charge in [0.1, 0.15) is 17.7 Å². The Hall–Kier alpha value is -1.18. The minimum absolute atomic E-state index is 0.298. The summed E-state index contributed by atoms with van der Waals surface area (Å²) in [5.74, 6) is -1.85. The molecule has 0 saturated carbocycles. The largest absolute Gasteiger partial charge is 0.466 e. The maximum absolute atomic E-state index is 12.4. The SMILES string of the molecule is CCOC(=O)[C@H]1C[C@@H](C(=O)OC(C)(C)C)N[C@H]1[C@H]1COC(C)(C)O1. The summed E-state index contributed by atoms with van der Waals surface area (Å²) in [5.41, 5.74) is -0.578. The first kappa shape index (κ1) is 19.1. The van der Waals surface area contributed by atoms with Crippen LogP contribution in [0.25, 0.3) is 0 Å². The highest BCUT2D eigenvalue weighted by Gasteiger charge is 2.50. The summed E-state index contributed by atoms with van der Waals surface area (Å²) in [6, 6.07) is -0.903. The van der Waals surface area contributed by atoms with Crippen molar-refractivity contribution in [2.75, 3.05) is 13.2 Å². The first-order chi connectivity index (χ1) is 11.0. The van der Waals surface area contributed by atoms with Gasteiger partial charge in [0.25, 0.3) is 0 Å². The molecule has 138 valence electrons. The van der Waals surface area contributed by atoms with E-state index in [1.807, 2.05) is 34.6 Å². The molecule has 4 atom stereocenters. The van der Waals surface area contributed by atoms with Crippen molar-refractivity contribution in [1.29, 1.82) is 0 Å². The van der Waals surface area contributed by atoms with Gasteiger partial charge in [0, 0.05) is 6.04 Å². The Morgan fingerprint density at radius 1 is 1.25 bits per heavy atom. The molecule has 2 fully saturated rings. The Labute approximate surface area is 143 Å². The highest BCUT2D eigenvalue weighted by Crippen LogP contribution is 2.33. The van der Waals surface area contributed by atoms with Crippen LogP contribution in [-0.2, 0) is 28.5 Å². The van der Waals surface area contributed by atoms with Crippen molar-refractivity contribution < 1.29 is 28.5 Å². The van der Waals surface area contributed by atoms with Crippen molar-refractivity contribution in [2.45, 2.75) is 77.5 Å². The zero-order chi connectivity index (χ0) is 18.1. The average Bonchev–Trinajstić information content (AvgIpc) is 3.00. The molecule has 0 spiro atoms. The highest BCUT2D eigenvalue weighted by atomic mass is 16.7. The number of ether oxygens (including phenoxy) is 4. The molecule has 0 aliphatic carbocycles. The molecular formula is C17H29NO6. The van der Waals surface area contributed by atoms with Crippen molar-refractivity contribution in [3.63, 3.8) is 0 Å². The van der Waals surface area contributed by atoms with Crippen LogP contribution in [0.2, 0.25) is 0 Å². The van der Waals surface area contributed by atoms with Gasteiger partial charge in [0.2, 0.25) is 0 Å². The summed E-state index contributed by atoms with van der Waals surface area (Å²) < 4.78 is 22.1. The fourth-order valence-corrected chi connectivity index (χ4v) is 3.11.